The van der Waals surface area contributed by atoms with Gasteiger partial charge in [-0.2, -0.15) is 0 Å². The Morgan fingerprint density at radius 1 is 0.465 bits per heavy atom. The molecule has 0 aromatic carbocycles. The van der Waals surface area contributed by atoms with Crippen molar-refractivity contribution >= 4 is 23.9 Å². The van der Waals surface area contributed by atoms with Gasteiger partial charge in [-0.15, -0.1) is 0 Å². The average Bonchev–Trinajstić information content (AvgIpc) is 3.02. The van der Waals surface area contributed by atoms with Crippen LogP contribution < -0.4 is 0 Å². The van der Waals surface area contributed by atoms with Crippen LogP contribution in [0.15, 0.2) is 0 Å². The van der Waals surface area contributed by atoms with E-state index in [9.17, 15) is 19.2 Å². The highest BCUT2D eigenvalue weighted by Crippen LogP contribution is 2.07. The lowest BCUT2D eigenvalue weighted by Gasteiger charge is -2.34. The number of carbonyl (C=O) groups excluding carboxylic acids is 4. The summed E-state index contributed by atoms with van der Waals surface area (Å²) in [5, 5.41) is 0. The zero-order valence-corrected chi connectivity index (χ0v) is 26.4. The lowest BCUT2D eigenvalue weighted by molar-refractivity contribution is -0.146. The van der Waals surface area contributed by atoms with Gasteiger partial charge in [-0.05, 0) is 19.3 Å². The number of nitrogens with zero attached hydrogens (tertiary/aromatic N) is 4. The summed E-state index contributed by atoms with van der Waals surface area (Å²) in [6, 6.07) is 0. The molecule has 0 spiro atoms. The molecule has 0 aromatic heterocycles. The minimum absolute atomic E-state index is 0.139. The molecular weight excluding hydrogens is 560 g/mol. The maximum absolute atomic E-state index is 12.1. The van der Waals surface area contributed by atoms with Crippen molar-refractivity contribution in [3.05, 3.63) is 0 Å². The number of hydrogen-bond donors (Lipinski definition) is 0. The first-order chi connectivity index (χ1) is 20.9. The fraction of sp³-hybridized carbons (Fsp3) is 0.867. The quantitative estimate of drug-likeness (QED) is 0.0970. The molecule has 2 rings (SSSR count). The van der Waals surface area contributed by atoms with E-state index < -0.39 is 0 Å². The highest BCUT2D eigenvalue weighted by atomic mass is 16.6. The number of ether oxygens (including phenoxy) is 5. The van der Waals surface area contributed by atoms with Gasteiger partial charge in [0, 0.05) is 85.6 Å². The molecular formula is C30H54N4O9. The molecule has 0 amide bonds. The molecule has 0 bridgehead atoms. The highest BCUT2D eigenvalue weighted by Gasteiger charge is 2.20. The van der Waals surface area contributed by atoms with Crippen molar-refractivity contribution in [2.45, 2.75) is 51.9 Å². The number of esters is 4. The van der Waals surface area contributed by atoms with Crippen LogP contribution in [0.2, 0.25) is 0 Å². The third-order valence-corrected chi connectivity index (χ3v) is 7.54. The van der Waals surface area contributed by atoms with E-state index >= 15 is 0 Å². The molecule has 0 N–H and O–H groups in total. The fourth-order valence-corrected chi connectivity index (χ4v) is 4.79. The molecule has 0 aromatic rings. The maximum Gasteiger partial charge on any atom is 0.307 e. The van der Waals surface area contributed by atoms with Crippen LogP contribution >= 0.6 is 0 Å². The van der Waals surface area contributed by atoms with Gasteiger partial charge in [0.25, 0.3) is 0 Å². The van der Waals surface area contributed by atoms with E-state index in [4.69, 9.17) is 23.7 Å². The van der Waals surface area contributed by atoms with Crippen molar-refractivity contribution in [2.75, 3.05) is 119 Å². The van der Waals surface area contributed by atoms with Crippen LogP contribution in [-0.4, -0.2) is 162 Å². The van der Waals surface area contributed by atoms with Gasteiger partial charge in [-0.25, -0.2) is 0 Å². The monoisotopic (exact) mass is 614 g/mol. The van der Waals surface area contributed by atoms with Crippen molar-refractivity contribution in [2.24, 2.45) is 0 Å². The van der Waals surface area contributed by atoms with E-state index in [1.54, 1.807) is 7.11 Å². The number of unbranched alkanes of at least 4 members (excludes halogenated alkanes) is 1. The summed E-state index contributed by atoms with van der Waals surface area (Å²) in [5.41, 5.74) is 0. The van der Waals surface area contributed by atoms with E-state index in [1.807, 2.05) is 6.92 Å². The highest BCUT2D eigenvalue weighted by molar-refractivity contribution is 5.70. The molecule has 2 aliphatic rings. The number of methoxy groups -OCH3 is 1. The van der Waals surface area contributed by atoms with Crippen LogP contribution in [0.5, 0.6) is 0 Å². The summed E-state index contributed by atoms with van der Waals surface area (Å²) >= 11 is 0. The third kappa shape index (κ3) is 18.2. The first-order valence-corrected chi connectivity index (χ1v) is 15.9. The lowest BCUT2D eigenvalue weighted by atomic mass is 10.2. The lowest BCUT2D eigenvalue weighted by Crippen LogP contribution is -2.47. The van der Waals surface area contributed by atoms with E-state index in [0.717, 1.165) is 58.8 Å². The van der Waals surface area contributed by atoms with Gasteiger partial charge in [0.15, 0.2) is 0 Å². The second-order valence-corrected chi connectivity index (χ2v) is 10.9. The molecule has 0 radical (unpaired) electrons. The summed E-state index contributed by atoms with van der Waals surface area (Å²) in [7, 11) is 1.57. The molecule has 13 nitrogen and oxygen atoms in total. The second kappa shape index (κ2) is 23.1. The minimum atomic E-state index is -0.213. The number of rotatable bonds is 22. The average molecular weight is 615 g/mol. The van der Waals surface area contributed by atoms with Crippen LogP contribution in [0.3, 0.4) is 0 Å². The molecule has 2 saturated heterocycles. The standard InChI is InChI=1S/C30H54N4O9/c1-3-22-40-27(35)6-10-31-14-16-32(17-15-31)11-7-28(36)41-23-4-5-24-42-29(37)8-12-33-18-20-34(21-19-33)13-9-30(38)43-26-25-39-2/h3-26H2,1-2H3. The Morgan fingerprint density at radius 2 is 0.767 bits per heavy atom. The van der Waals surface area contributed by atoms with Crippen LogP contribution in [0.4, 0.5) is 0 Å². The van der Waals surface area contributed by atoms with Crippen LogP contribution in [0.1, 0.15) is 51.9 Å². The van der Waals surface area contributed by atoms with E-state index in [2.05, 4.69) is 19.6 Å². The first kappa shape index (κ1) is 36.9. The number of piperazine rings is 2. The molecule has 43 heavy (non-hydrogen) atoms. The maximum atomic E-state index is 12.1. The Balaban J connectivity index is 1.38. The molecule has 0 aliphatic carbocycles. The van der Waals surface area contributed by atoms with E-state index in [-0.39, 0.29) is 30.5 Å². The van der Waals surface area contributed by atoms with Gasteiger partial charge in [-0.3, -0.25) is 19.2 Å². The zero-order chi connectivity index (χ0) is 31.1. The zero-order valence-electron chi connectivity index (χ0n) is 26.4. The Labute approximate surface area is 257 Å². The summed E-state index contributed by atoms with van der Waals surface area (Å²) in [4.78, 5) is 56.5. The summed E-state index contributed by atoms with van der Waals surface area (Å²) in [5.74, 6) is -0.767. The molecule has 2 aliphatic heterocycles. The second-order valence-electron chi connectivity index (χ2n) is 10.9. The Morgan fingerprint density at radius 3 is 1.07 bits per heavy atom. The van der Waals surface area contributed by atoms with Gasteiger partial charge in [0.05, 0.1) is 52.1 Å². The van der Waals surface area contributed by atoms with Crippen molar-refractivity contribution < 1.29 is 42.9 Å². The number of carbonyl (C=O) groups is 4. The van der Waals surface area contributed by atoms with Crippen molar-refractivity contribution in [1.82, 2.24) is 19.6 Å². The van der Waals surface area contributed by atoms with E-state index in [0.29, 0.717) is 91.1 Å². The van der Waals surface area contributed by atoms with Gasteiger partial charge >= 0.3 is 23.9 Å². The minimum Gasteiger partial charge on any atom is -0.466 e. The predicted octanol–water partition coefficient (Wildman–Crippen LogP) is 0.791. The molecule has 248 valence electrons. The summed E-state index contributed by atoms with van der Waals surface area (Å²) in [6.45, 7) is 13.4. The van der Waals surface area contributed by atoms with Crippen molar-refractivity contribution in [1.29, 1.82) is 0 Å². The molecule has 2 fully saturated rings. The van der Waals surface area contributed by atoms with Gasteiger partial charge in [0.1, 0.15) is 6.61 Å². The third-order valence-electron chi connectivity index (χ3n) is 7.54. The largest absolute Gasteiger partial charge is 0.466 e. The molecule has 2 heterocycles. The summed E-state index contributed by atoms with van der Waals surface area (Å²) < 4.78 is 25.8. The van der Waals surface area contributed by atoms with E-state index in [1.165, 1.54) is 0 Å². The van der Waals surface area contributed by atoms with Gasteiger partial charge < -0.3 is 43.3 Å². The SMILES string of the molecule is CCCOC(=O)CCN1CCN(CCC(=O)OCCCCOC(=O)CCN2CCN(CCC(=O)OCCOC)CC2)CC1. The fourth-order valence-electron chi connectivity index (χ4n) is 4.79. The molecule has 0 unspecified atom stereocenters. The number of hydrogen-bond acceptors (Lipinski definition) is 13. The summed E-state index contributed by atoms with van der Waals surface area (Å²) in [6.07, 6.45) is 3.63. The smallest absolute Gasteiger partial charge is 0.307 e. The first-order valence-electron chi connectivity index (χ1n) is 15.9. The normalized spacial score (nSPS) is 17.0. The topological polar surface area (TPSA) is 127 Å². The Hall–Kier alpha value is -2.32. The van der Waals surface area contributed by atoms with Gasteiger partial charge in [-0.1, -0.05) is 6.92 Å². The van der Waals surface area contributed by atoms with Crippen molar-refractivity contribution in [3.63, 3.8) is 0 Å². The van der Waals surface area contributed by atoms with Crippen LogP contribution in [0, 0.1) is 0 Å². The van der Waals surface area contributed by atoms with Crippen LogP contribution in [-0.2, 0) is 42.9 Å². The van der Waals surface area contributed by atoms with Crippen LogP contribution in [0.25, 0.3) is 0 Å². The van der Waals surface area contributed by atoms with Crippen molar-refractivity contribution in [3.8, 4) is 0 Å². The molecule has 0 atom stereocenters. The Bertz CT molecular complexity index is 801. The predicted molar refractivity (Wildman–Crippen MR) is 159 cm³/mol. The molecule has 13 heteroatoms. The molecule has 0 saturated carbocycles. The van der Waals surface area contributed by atoms with Gasteiger partial charge in [0.2, 0.25) is 0 Å². The Kier molecular flexibility index (Phi) is 19.8.